The molecule has 1 aliphatic carbocycles. The van der Waals surface area contributed by atoms with Crippen molar-refractivity contribution < 1.29 is 4.79 Å². The molecule has 0 bridgehead atoms. The fourth-order valence-electron chi connectivity index (χ4n) is 3.01. The molecule has 23 heavy (non-hydrogen) atoms. The highest BCUT2D eigenvalue weighted by molar-refractivity contribution is 9.10. The number of carbonyl (C=O) groups is 1. The molecule has 0 atom stereocenters. The van der Waals surface area contributed by atoms with Crippen LogP contribution < -0.4 is 5.32 Å². The molecule has 3 nitrogen and oxygen atoms in total. The fraction of sp³-hybridized carbons (Fsp3) is 0.158. The van der Waals surface area contributed by atoms with Crippen molar-refractivity contribution in [2.45, 2.75) is 18.3 Å². The highest BCUT2D eigenvalue weighted by Gasteiger charge is 2.51. The zero-order chi connectivity index (χ0) is 15.9. The number of halogens is 1. The second kappa shape index (κ2) is 5.46. The van der Waals surface area contributed by atoms with Gasteiger partial charge >= 0.3 is 0 Å². The Bertz CT molecular complexity index is 897. The number of carbonyl (C=O) groups excluding carboxylic acids is 1. The first-order valence-electron chi connectivity index (χ1n) is 7.60. The monoisotopic (exact) mass is 366 g/mol. The lowest BCUT2D eigenvalue weighted by Gasteiger charge is -2.17. The number of amides is 1. The molecule has 1 aliphatic rings. The first-order chi connectivity index (χ1) is 11.2. The minimum atomic E-state index is -0.395. The topological polar surface area (TPSA) is 42.0 Å². The highest BCUT2D eigenvalue weighted by atomic mass is 79.9. The molecule has 114 valence electrons. The van der Waals surface area contributed by atoms with Gasteiger partial charge in [-0.2, -0.15) is 0 Å². The summed E-state index contributed by atoms with van der Waals surface area (Å²) in [6, 6.07) is 17.7. The summed E-state index contributed by atoms with van der Waals surface area (Å²) in [4.78, 5) is 17.2. The van der Waals surface area contributed by atoms with E-state index in [1.54, 1.807) is 6.20 Å². The molecule has 1 aromatic heterocycles. The van der Waals surface area contributed by atoms with Crippen LogP contribution in [-0.4, -0.2) is 10.9 Å². The van der Waals surface area contributed by atoms with E-state index in [4.69, 9.17) is 0 Å². The summed E-state index contributed by atoms with van der Waals surface area (Å²) in [7, 11) is 0. The van der Waals surface area contributed by atoms with Crippen molar-refractivity contribution in [3.05, 3.63) is 70.8 Å². The molecule has 4 heteroatoms. The highest BCUT2D eigenvalue weighted by Crippen LogP contribution is 2.49. The van der Waals surface area contributed by atoms with Crippen molar-refractivity contribution in [3.8, 4) is 0 Å². The molecule has 1 heterocycles. The predicted molar refractivity (Wildman–Crippen MR) is 95.4 cm³/mol. The predicted octanol–water partition coefficient (Wildman–Crippen LogP) is 4.67. The number of hydrogen-bond acceptors (Lipinski definition) is 2. The van der Waals surface area contributed by atoms with Gasteiger partial charge < -0.3 is 5.32 Å². The maximum atomic E-state index is 12.9. The minimum Gasteiger partial charge on any atom is -0.325 e. The summed E-state index contributed by atoms with van der Waals surface area (Å²) in [6.45, 7) is 0. The Kier molecular flexibility index (Phi) is 3.42. The van der Waals surface area contributed by atoms with Gasteiger partial charge in [-0.05, 0) is 54.8 Å². The third-order valence-electron chi connectivity index (χ3n) is 4.46. The Labute approximate surface area is 142 Å². The Morgan fingerprint density at radius 2 is 1.91 bits per heavy atom. The van der Waals surface area contributed by atoms with Crippen LogP contribution in [0.25, 0.3) is 10.9 Å². The number of fused-ring (bicyclic) bond motifs is 1. The zero-order valence-corrected chi connectivity index (χ0v) is 14.0. The molecule has 2 aromatic carbocycles. The van der Waals surface area contributed by atoms with Crippen molar-refractivity contribution >= 4 is 38.4 Å². The summed E-state index contributed by atoms with van der Waals surface area (Å²) in [6.07, 6.45) is 3.54. The Balaban J connectivity index is 1.67. The number of anilines is 1. The second-order valence-corrected chi connectivity index (χ2v) is 6.84. The molecule has 1 N–H and O–H groups in total. The molecule has 1 amide bonds. The van der Waals surface area contributed by atoms with Gasteiger partial charge in [0.25, 0.3) is 0 Å². The SMILES string of the molecule is O=C(Nc1cccc2ncccc12)C1(c2cccc(Br)c2)CC1. The van der Waals surface area contributed by atoms with E-state index >= 15 is 0 Å². The molecule has 4 rings (SSSR count). The molecule has 0 saturated heterocycles. The number of pyridine rings is 1. The second-order valence-electron chi connectivity index (χ2n) is 5.92. The van der Waals surface area contributed by atoms with Crippen molar-refractivity contribution in [1.82, 2.24) is 4.98 Å². The molecular formula is C19H15BrN2O. The van der Waals surface area contributed by atoms with Crippen molar-refractivity contribution in [2.75, 3.05) is 5.32 Å². The van der Waals surface area contributed by atoms with Gasteiger partial charge in [0.2, 0.25) is 5.91 Å². The fourth-order valence-corrected chi connectivity index (χ4v) is 3.41. The van der Waals surface area contributed by atoms with E-state index in [-0.39, 0.29) is 5.91 Å². The number of benzene rings is 2. The molecule has 0 radical (unpaired) electrons. The third-order valence-corrected chi connectivity index (χ3v) is 4.95. The largest absolute Gasteiger partial charge is 0.325 e. The van der Waals surface area contributed by atoms with Crippen LogP contribution in [0.2, 0.25) is 0 Å². The van der Waals surface area contributed by atoms with Gasteiger partial charge in [0.1, 0.15) is 0 Å². The molecule has 0 spiro atoms. The maximum absolute atomic E-state index is 12.9. The Morgan fingerprint density at radius 1 is 1.09 bits per heavy atom. The van der Waals surface area contributed by atoms with Crippen LogP contribution in [0.1, 0.15) is 18.4 Å². The quantitative estimate of drug-likeness (QED) is 0.731. The van der Waals surface area contributed by atoms with E-state index < -0.39 is 5.41 Å². The van der Waals surface area contributed by atoms with Gasteiger partial charge in [0.05, 0.1) is 16.6 Å². The van der Waals surface area contributed by atoms with Gasteiger partial charge in [-0.15, -0.1) is 0 Å². The summed E-state index contributed by atoms with van der Waals surface area (Å²) in [5, 5.41) is 4.08. The van der Waals surface area contributed by atoms with E-state index in [0.717, 1.165) is 39.5 Å². The average molecular weight is 367 g/mol. The lowest BCUT2D eigenvalue weighted by molar-refractivity contribution is -0.118. The van der Waals surface area contributed by atoms with Gasteiger partial charge in [-0.1, -0.05) is 34.1 Å². The summed E-state index contributed by atoms with van der Waals surface area (Å²) in [5.74, 6) is 0.0620. The number of aromatic nitrogens is 1. The van der Waals surface area contributed by atoms with Crippen LogP contribution in [0, 0.1) is 0 Å². The standard InChI is InChI=1S/C19H15BrN2O/c20-14-5-1-4-13(12-14)19(9-10-19)18(23)22-17-8-2-7-16-15(17)6-3-11-21-16/h1-8,11-12H,9-10H2,(H,22,23). The molecule has 1 saturated carbocycles. The van der Waals surface area contributed by atoms with Crippen LogP contribution in [0.15, 0.2) is 65.3 Å². The normalized spacial score (nSPS) is 15.3. The van der Waals surface area contributed by atoms with Crippen molar-refractivity contribution in [1.29, 1.82) is 0 Å². The molecular weight excluding hydrogens is 352 g/mol. The lowest BCUT2D eigenvalue weighted by Crippen LogP contribution is -2.27. The van der Waals surface area contributed by atoms with Crippen LogP contribution in [-0.2, 0) is 10.2 Å². The average Bonchev–Trinajstić information content (AvgIpc) is 3.37. The summed E-state index contributed by atoms with van der Waals surface area (Å²) < 4.78 is 1.00. The summed E-state index contributed by atoms with van der Waals surface area (Å²) >= 11 is 3.49. The van der Waals surface area contributed by atoms with Crippen LogP contribution in [0.3, 0.4) is 0 Å². The minimum absolute atomic E-state index is 0.0620. The maximum Gasteiger partial charge on any atom is 0.235 e. The first kappa shape index (κ1) is 14.4. The third kappa shape index (κ3) is 2.53. The molecule has 0 aliphatic heterocycles. The molecule has 3 aromatic rings. The number of rotatable bonds is 3. The van der Waals surface area contributed by atoms with E-state index in [1.807, 2.05) is 54.6 Å². The van der Waals surface area contributed by atoms with E-state index in [0.29, 0.717) is 0 Å². The van der Waals surface area contributed by atoms with Crippen LogP contribution >= 0.6 is 15.9 Å². The number of nitrogens with one attached hydrogen (secondary N) is 1. The lowest BCUT2D eigenvalue weighted by atomic mass is 9.95. The number of nitrogens with zero attached hydrogens (tertiary/aromatic N) is 1. The van der Waals surface area contributed by atoms with E-state index in [1.165, 1.54) is 0 Å². The van der Waals surface area contributed by atoms with Gasteiger partial charge in [0.15, 0.2) is 0 Å². The van der Waals surface area contributed by atoms with Crippen LogP contribution in [0.4, 0.5) is 5.69 Å². The first-order valence-corrected chi connectivity index (χ1v) is 8.40. The number of hydrogen-bond donors (Lipinski definition) is 1. The molecule has 0 unspecified atom stereocenters. The van der Waals surface area contributed by atoms with E-state index in [9.17, 15) is 4.79 Å². The summed E-state index contributed by atoms with van der Waals surface area (Å²) in [5.41, 5.74) is 2.39. The van der Waals surface area contributed by atoms with Crippen molar-refractivity contribution in [2.24, 2.45) is 0 Å². The van der Waals surface area contributed by atoms with Gasteiger partial charge in [0, 0.05) is 16.1 Å². The Hall–Kier alpha value is -2.20. The zero-order valence-electron chi connectivity index (χ0n) is 12.4. The van der Waals surface area contributed by atoms with Crippen LogP contribution in [0.5, 0.6) is 0 Å². The smallest absolute Gasteiger partial charge is 0.235 e. The van der Waals surface area contributed by atoms with Crippen molar-refractivity contribution in [3.63, 3.8) is 0 Å². The Morgan fingerprint density at radius 3 is 2.70 bits per heavy atom. The van der Waals surface area contributed by atoms with Gasteiger partial charge in [-0.25, -0.2) is 0 Å². The molecule has 1 fully saturated rings. The van der Waals surface area contributed by atoms with Gasteiger partial charge in [-0.3, -0.25) is 9.78 Å². The van der Waals surface area contributed by atoms with E-state index in [2.05, 4.69) is 26.2 Å².